The van der Waals surface area contributed by atoms with Crippen LogP contribution in [0.25, 0.3) is 0 Å². The van der Waals surface area contributed by atoms with Crippen molar-refractivity contribution in [3.63, 3.8) is 0 Å². The number of nitrogens with one attached hydrogen (secondary N) is 1. The van der Waals surface area contributed by atoms with Gasteiger partial charge in [-0.3, -0.25) is 0 Å². The first kappa shape index (κ1) is 16.1. The SMILES string of the molecule is CCCNC(c1cc(Br)sc1C)c1cccc(Br)c1F. The second-order valence-electron chi connectivity index (χ2n) is 4.59. The Balaban J connectivity index is 2.47. The lowest BCUT2D eigenvalue weighted by Crippen LogP contribution is -2.24. The summed E-state index contributed by atoms with van der Waals surface area (Å²) < 4.78 is 16.0. The van der Waals surface area contributed by atoms with Gasteiger partial charge in [0, 0.05) is 10.4 Å². The summed E-state index contributed by atoms with van der Waals surface area (Å²) in [4.78, 5) is 1.20. The fourth-order valence-electron chi connectivity index (χ4n) is 2.16. The van der Waals surface area contributed by atoms with E-state index < -0.39 is 0 Å². The molecule has 0 saturated heterocycles. The standard InChI is InChI=1S/C15H16Br2FNS/c1-3-7-19-15(11-8-13(17)20-9(11)2)10-5-4-6-12(16)14(10)18/h4-6,8,15,19H,3,7H2,1-2H3. The van der Waals surface area contributed by atoms with Crippen LogP contribution < -0.4 is 5.32 Å². The average molecular weight is 421 g/mol. The molecule has 1 nitrogen and oxygen atoms in total. The first-order valence-electron chi connectivity index (χ1n) is 6.47. The fourth-order valence-corrected chi connectivity index (χ4v) is 4.29. The second-order valence-corrected chi connectivity index (χ2v) is 8.08. The fraction of sp³-hybridized carbons (Fsp3) is 0.333. The Morgan fingerprint density at radius 2 is 2.05 bits per heavy atom. The molecule has 5 heteroatoms. The van der Waals surface area contributed by atoms with Crippen LogP contribution in [0.4, 0.5) is 4.39 Å². The van der Waals surface area contributed by atoms with Crippen LogP contribution in [0.15, 0.2) is 32.5 Å². The van der Waals surface area contributed by atoms with Gasteiger partial charge in [-0.1, -0.05) is 19.1 Å². The molecule has 2 rings (SSSR count). The highest BCUT2D eigenvalue weighted by atomic mass is 79.9. The molecule has 20 heavy (non-hydrogen) atoms. The van der Waals surface area contributed by atoms with E-state index in [9.17, 15) is 4.39 Å². The Hall–Kier alpha value is -0.230. The molecule has 2 aromatic rings. The minimum Gasteiger partial charge on any atom is -0.306 e. The van der Waals surface area contributed by atoms with E-state index in [1.165, 1.54) is 4.88 Å². The molecule has 0 bridgehead atoms. The van der Waals surface area contributed by atoms with Crippen LogP contribution >= 0.6 is 43.2 Å². The molecule has 1 heterocycles. The zero-order valence-electron chi connectivity index (χ0n) is 11.3. The van der Waals surface area contributed by atoms with Gasteiger partial charge in [-0.2, -0.15) is 0 Å². The van der Waals surface area contributed by atoms with Gasteiger partial charge < -0.3 is 5.32 Å². The summed E-state index contributed by atoms with van der Waals surface area (Å²) >= 11 is 8.46. The molecule has 0 aliphatic carbocycles. The molecule has 0 aliphatic rings. The van der Waals surface area contributed by atoms with Crippen molar-refractivity contribution in [2.45, 2.75) is 26.3 Å². The zero-order chi connectivity index (χ0) is 14.7. The Morgan fingerprint density at radius 3 is 2.65 bits per heavy atom. The van der Waals surface area contributed by atoms with Gasteiger partial charge in [-0.15, -0.1) is 11.3 Å². The van der Waals surface area contributed by atoms with Crippen LogP contribution in [-0.2, 0) is 0 Å². The smallest absolute Gasteiger partial charge is 0.142 e. The van der Waals surface area contributed by atoms with Crippen LogP contribution in [0.3, 0.4) is 0 Å². The summed E-state index contributed by atoms with van der Waals surface area (Å²) in [6.07, 6.45) is 1.01. The third kappa shape index (κ3) is 3.50. The van der Waals surface area contributed by atoms with Crippen molar-refractivity contribution in [3.05, 3.63) is 54.3 Å². The summed E-state index contributed by atoms with van der Waals surface area (Å²) in [5, 5.41) is 3.45. The van der Waals surface area contributed by atoms with Crippen molar-refractivity contribution in [3.8, 4) is 0 Å². The molecule has 0 spiro atoms. The lowest BCUT2D eigenvalue weighted by atomic mass is 9.99. The maximum atomic E-state index is 14.4. The molecule has 1 aromatic carbocycles. The topological polar surface area (TPSA) is 12.0 Å². The van der Waals surface area contributed by atoms with Crippen molar-refractivity contribution < 1.29 is 4.39 Å². The van der Waals surface area contributed by atoms with Gasteiger partial charge in [0.15, 0.2) is 0 Å². The normalized spacial score (nSPS) is 12.7. The number of benzene rings is 1. The van der Waals surface area contributed by atoms with E-state index in [0.29, 0.717) is 10.0 Å². The highest BCUT2D eigenvalue weighted by Gasteiger charge is 2.21. The van der Waals surface area contributed by atoms with Gasteiger partial charge in [0.05, 0.1) is 14.3 Å². The Labute approximate surface area is 139 Å². The number of rotatable bonds is 5. The van der Waals surface area contributed by atoms with Gasteiger partial charge in [0.1, 0.15) is 5.82 Å². The predicted molar refractivity (Wildman–Crippen MR) is 91.0 cm³/mol. The largest absolute Gasteiger partial charge is 0.306 e. The molecule has 108 valence electrons. The number of thiophene rings is 1. The van der Waals surface area contributed by atoms with Crippen LogP contribution in [0, 0.1) is 12.7 Å². The second kappa shape index (κ2) is 7.16. The van der Waals surface area contributed by atoms with Crippen molar-refractivity contribution in [1.29, 1.82) is 0 Å². The molecule has 0 fully saturated rings. The van der Waals surface area contributed by atoms with E-state index in [2.05, 4.69) is 57.1 Å². The Bertz CT molecular complexity index is 598. The molecule has 1 unspecified atom stereocenters. The first-order chi connectivity index (χ1) is 9.54. The van der Waals surface area contributed by atoms with Crippen LogP contribution in [0.5, 0.6) is 0 Å². The van der Waals surface area contributed by atoms with E-state index in [1.807, 2.05) is 12.1 Å². The third-order valence-corrected chi connectivity index (χ3v) is 5.31. The molecule has 1 atom stereocenters. The van der Waals surface area contributed by atoms with Gasteiger partial charge in [0.2, 0.25) is 0 Å². The maximum absolute atomic E-state index is 14.4. The summed E-state index contributed by atoms with van der Waals surface area (Å²) in [5.41, 5.74) is 1.81. The van der Waals surface area contributed by atoms with E-state index in [4.69, 9.17) is 0 Å². The average Bonchev–Trinajstić information content (AvgIpc) is 2.74. The molecule has 1 N–H and O–H groups in total. The number of hydrogen-bond acceptors (Lipinski definition) is 2. The maximum Gasteiger partial charge on any atom is 0.142 e. The van der Waals surface area contributed by atoms with Crippen molar-refractivity contribution >= 4 is 43.2 Å². The van der Waals surface area contributed by atoms with E-state index in [1.54, 1.807) is 17.4 Å². The molecular weight excluding hydrogens is 405 g/mol. The van der Waals surface area contributed by atoms with Gasteiger partial charge >= 0.3 is 0 Å². The minimum atomic E-state index is -0.192. The van der Waals surface area contributed by atoms with Crippen LogP contribution in [0.2, 0.25) is 0 Å². The molecule has 0 amide bonds. The molecular formula is C15H16Br2FNS. The summed E-state index contributed by atoms with van der Waals surface area (Å²) in [7, 11) is 0. The highest BCUT2D eigenvalue weighted by molar-refractivity contribution is 9.11. The highest BCUT2D eigenvalue weighted by Crippen LogP contribution is 2.35. The Kier molecular flexibility index (Phi) is 5.78. The van der Waals surface area contributed by atoms with Crippen molar-refractivity contribution in [1.82, 2.24) is 5.32 Å². The summed E-state index contributed by atoms with van der Waals surface area (Å²) in [5.74, 6) is -0.192. The predicted octanol–water partition coefficient (Wildman–Crippen LogP) is 5.81. The third-order valence-electron chi connectivity index (χ3n) is 3.13. The van der Waals surface area contributed by atoms with E-state index in [0.717, 1.165) is 22.3 Å². The van der Waals surface area contributed by atoms with Crippen LogP contribution in [0.1, 0.15) is 35.4 Å². The zero-order valence-corrected chi connectivity index (χ0v) is 15.3. The van der Waals surface area contributed by atoms with E-state index >= 15 is 0 Å². The van der Waals surface area contributed by atoms with Crippen molar-refractivity contribution in [2.24, 2.45) is 0 Å². The first-order valence-corrected chi connectivity index (χ1v) is 8.88. The number of hydrogen-bond donors (Lipinski definition) is 1. The summed E-state index contributed by atoms with van der Waals surface area (Å²) in [6, 6.07) is 7.41. The van der Waals surface area contributed by atoms with Crippen molar-refractivity contribution in [2.75, 3.05) is 6.54 Å². The van der Waals surface area contributed by atoms with Gasteiger partial charge in [-0.25, -0.2) is 4.39 Å². The van der Waals surface area contributed by atoms with Gasteiger partial charge in [-0.05, 0) is 69.4 Å². The monoisotopic (exact) mass is 419 g/mol. The molecule has 0 aliphatic heterocycles. The number of halogens is 3. The summed E-state index contributed by atoms with van der Waals surface area (Å²) in [6.45, 7) is 5.03. The molecule has 0 radical (unpaired) electrons. The minimum absolute atomic E-state index is 0.116. The van der Waals surface area contributed by atoms with Gasteiger partial charge in [0.25, 0.3) is 0 Å². The Morgan fingerprint density at radius 1 is 1.30 bits per heavy atom. The van der Waals surface area contributed by atoms with E-state index in [-0.39, 0.29) is 11.9 Å². The van der Waals surface area contributed by atoms with Crippen LogP contribution in [-0.4, -0.2) is 6.54 Å². The quantitative estimate of drug-likeness (QED) is 0.643. The number of aryl methyl sites for hydroxylation is 1. The molecule has 0 saturated carbocycles. The lowest BCUT2D eigenvalue weighted by Gasteiger charge is -2.20. The molecule has 1 aromatic heterocycles. The lowest BCUT2D eigenvalue weighted by molar-refractivity contribution is 0.543.